The van der Waals surface area contributed by atoms with Crippen molar-refractivity contribution >= 4 is 27.0 Å². The van der Waals surface area contributed by atoms with Gasteiger partial charge in [-0.05, 0) is 38.0 Å². The fourth-order valence-electron chi connectivity index (χ4n) is 4.73. The van der Waals surface area contributed by atoms with Gasteiger partial charge in [0.05, 0.1) is 30.3 Å². The summed E-state index contributed by atoms with van der Waals surface area (Å²) in [5, 5.41) is 10.6. The van der Waals surface area contributed by atoms with Crippen LogP contribution < -0.4 is 4.74 Å². The van der Waals surface area contributed by atoms with Gasteiger partial charge >= 0.3 is 6.18 Å². The Kier molecular flexibility index (Phi) is 6.89. The highest BCUT2D eigenvalue weighted by Crippen LogP contribution is 2.41. The number of methoxy groups -OCH3 is 1. The lowest BCUT2D eigenvalue weighted by Gasteiger charge is -2.28. The highest BCUT2D eigenvalue weighted by Gasteiger charge is 2.46. The predicted octanol–water partition coefficient (Wildman–Crippen LogP) is 4.58. The number of halogens is 3. The molecule has 0 spiro atoms. The molecule has 0 radical (unpaired) electrons. The molecule has 3 heterocycles. The predicted molar refractivity (Wildman–Crippen MR) is 127 cm³/mol. The Labute approximate surface area is 211 Å². The van der Waals surface area contributed by atoms with Crippen molar-refractivity contribution in [2.45, 2.75) is 62.7 Å². The summed E-state index contributed by atoms with van der Waals surface area (Å²) in [4.78, 5) is 20.1. The van der Waals surface area contributed by atoms with Crippen molar-refractivity contribution in [3.63, 3.8) is 0 Å². The molecular weight excluding hydrogens is 511 g/mol. The molecular formula is C24H24F3N5O4S. The van der Waals surface area contributed by atoms with Gasteiger partial charge in [0.2, 0.25) is 5.91 Å². The Morgan fingerprint density at radius 3 is 2.43 bits per heavy atom. The standard InChI is InChI=1S/C24H24F3N5O4S/c1-14(24(25,26)27)32(15(2)33)37(34,35)18-8-9-21(29-13-18)22-20(11-28)19-10-17(36-3)12-30-23(19)31(22)16-6-4-5-7-16/h8-10,12-14,16H,4-7H2,1-3H3. The number of aromatic nitrogens is 3. The van der Waals surface area contributed by atoms with Crippen LogP contribution in [0.2, 0.25) is 0 Å². The molecule has 0 aromatic carbocycles. The first-order valence-corrected chi connectivity index (χ1v) is 12.9. The van der Waals surface area contributed by atoms with Gasteiger partial charge in [0, 0.05) is 24.5 Å². The summed E-state index contributed by atoms with van der Waals surface area (Å²) < 4.78 is 72.9. The number of nitrogens with zero attached hydrogens (tertiary/aromatic N) is 5. The summed E-state index contributed by atoms with van der Waals surface area (Å²) >= 11 is 0. The molecule has 1 fully saturated rings. The number of carbonyl (C=O) groups is 1. The van der Waals surface area contributed by atoms with Crippen LogP contribution in [0.3, 0.4) is 0 Å². The van der Waals surface area contributed by atoms with E-state index in [1.807, 2.05) is 4.57 Å². The second-order valence-electron chi connectivity index (χ2n) is 8.81. The second-order valence-corrected chi connectivity index (χ2v) is 10.6. The zero-order valence-corrected chi connectivity index (χ0v) is 21.1. The van der Waals surface area contributed by atoms with Crippen molar-refractivity contribution in [3.05, 3.63) is 36.2 Å². The molecule has 1 saturated carbocycles. The van der Waals surface area contributed by atoms with E-state index in [9.17, 15) is 31.6 Å². The number of alkyl halides is 3. The molecule has 1 atom stereocenters. The number of nitriles is 1. The highest BCUT2D eigenvalue weighted by molar-refractivity contribution is 7.89. The van der Waals surface area contributed by atoms with E-state index in [1.165, 1.54) is 13.2 Å². The zero-order valence-electron chi connectivity index (χ0n) is 20.3. The number of ether oxygens (including phenoxy) is 1. The van der Waals surface area contributed by atoms with Crippen LogP contribution in [0.1, 0.15) is 51.1 Å². The average Bonchev–Trinajstić information content (AvgIpc) is 3.48. The second kappa shape index (κ2) is 9.66. The molecule has 13 heteroatoms. The van der Waals surface area contributed by atoms with Gasteiger partial charge in [-0.3, -0.25) is 9.78 Å². The maximum Gasteiger partial charge on any atom is 0.409 e. The Hall–Kier alpha value is -3.66. The number of sulfonamides is 1. The third-order valence-corrected chi connectivity index (χ3v) is 8.45. The van der Waals surface area contributed by atoms with Crippen LogP contribution >= 0.6 is 0 Å². The van der Waals surface area contributed by atoms with Crippen LogP contribution in [0, 0.1) is 11.3 Å². The van der Waals surface area contributed by atoms with Gasteiger partial charge in [-0.2, -0.15) is 18.4 Å². The van der Waals surface area contributed by atoms with Crippen LogP contribution in [0.5, 0.6) is 5.75 Å². The van der Waals surface area contributed by atoms with Gasteiger partial charge in [0.1, 0.15) is 28.4 Å². The van der Waals surface area contributed by atoms with Crippen LogP contribution in [0.15, 0.2) is 35.5 Å². The SMILES string of the molecule is COc1cnc2c(c1)c(C#N)c(-c1ccc(S(=O)(=O)N(C(C)=O)C(C)C(F)(F)F)cn1)n2C1CCCC1. The van der Waals surface area contributed by atoms with E-state index in [0.29, 0.717) is 29.4 Å². The first kappa shape index (κ1) is 26.4. The largest absolute Gasteiger partial charge is 0.495 e. The molecule has 1 aliphatic rings. The van der Waals surface area contributed by atoms with Crippen LogP contribution in [-0.4, -0.2) is 52.5 Å². The van der Waals surface area contributed by atoms with Gasteiger partial charge in [-0.1, -0.05) is 12.8 Å². The van der Waals surface area contributed by atoms with Gasteiger partial charge in [0.15, 0.2) is 0 Å². The van der Waals surface area contributed by atoms with E-state index in [-0.39, 0.29) is 21.6 Å². The molecule has 1 unspecified atom stereocenters. The van der Waals surface area contributed by atoms with Crippen LogP contribution in [-0.2, 0) is 14.8 Å². The summed E-state index contributed by atoms with van der Waals surface area (Å²) in [7, 11) is -3.38. The van der Waals surface area contributed by atoms with Crippen molar-refractivity contribution in [3.8, 4) is 23.2 Å². The van der Waals surface area contributed by atoms with Gasteiger partial charge in [0.25, 0.3) is 10.0 Å². The molecule has 3 aromatic rings. The number of fused-ring (bicyclic) bond motifs is 1. The summed E-state index contributed by atoms with van der Waals surface area (Å²) in [6.07, 6.45) is 1.17. The van der Waals surface area contributed by atoms with Crippen molar-refractivity contribution in [1.29, 1.82) is 5.26 Å². The monoisotopic (exact) mass is 535 g/mol. The maximum atomic E-state index is 13.3. The molecule has 4 rings (SSSR count). The highest BCUT2D eigenvalue weighted by atomic mass is 32.2. The minimum atomic E-state index is -4.95. The maximum absolute atomic E-state index is 13.3. The Balaban J connectivity index is 1.86. The number of amides is 1. The Morgan fingerprint density at radius 2 is 1.92 bits per heavy atom. The minimum absolute atomic E-state index is 0.0338. The number of rotatable bonds is 6. The Bertz CT molecular complexity index is 1490. The van der Waals surface area contributed by atoms with Crippen molar-refractivity contribution in [2.24, 2.45) is 0 Å². The van der Waals surface area contributed by atoms with E-state index in [2.05, 4.69) is 16.0 Å². The molecule has 3 aromatic heterocycles. The molecule has 196 valence electrons. The quantitative estimate of drug-likeness (QED) is 0.453. The molecule has 0 bridgehead atoms. The fourth-order valence-corrected chi connectivity index (χ4v) is 6.26. The van der Waals surface area contributed by atoms with E-state index in [1.54, 1.807) is 12.3 Å². The third-order valence-electron chi connectivity index (χ3n) is 6.53. The summed E-state index contributed by atoms with van der Waals surface area (Å²) in [6, 6.07) is 3.76. The lowest BCUT2D eigenvalue weighted by molar-refractivity contribution is -0.173. The molecule has 9 nitrogen and oxygen atoms in total. The van der Waals surface area contributed by atoms with Gasteiger partial charge in [-0.25, -0.2) is 17.7 Å². The average molecular weight is 536 g/mol. The zero-order chi connectivity index (χ0) is 27.1. The van der Waals surface area contributed by atoms with E-state index < -0.39 is 33.0 Å². The van der Waals surface area contributed by atoms with E-state index >= 15 is 0 Å². The number of pyridine rings is 2. The summed E-state index contributed by atoms with van der Waals surface area (Å²) in [6.45, 7) is 1.35. The number of hydrogen-bond acceptors (Lipinski definition) is 7. The normalized spacial score (nSPS) is 15.5. The number of hydrogen-bond donors (Lipinski definition) is 0. The summed E-state index contributed by atoms with van der Waals surface area (Å²) in [5.74, 6) is -0.821. The molecule has 37 heavy (non-hydrogen) atoms. The van der Waals surface area contributed by atoms with E-state index in [0.717, 1.165) is 44.9 Å². The topological polar surface area (TPSA) is 118 Å². The van der Waals surface area contributed by atoms with Crippen molar-refractivity contribution < 1.29 is 31.1 Å². The molecule has 0 aliphatic heterocycles. The lowest BCUT2D eigenvalue weighted by atomic mass is 10.1. The molecule has 1 aliphatic carbocycles. The fraction of sp³-hybridized carbons (Fsp3) is 0.417. The van der Waals surface area contributed by atoms with Crippen LogP contribution in [0.4, 0.5) is 13.2 Å². The first-order chi connectivity index (χ1) is 17.4. The first-order valence-electron chi connectivity index (χ1n) is 11.5. The summed E-state index contributed by atoms with van der Waals surface area (Å²) in [5.41, 5.74) is 1.51. The van der Waals surface area contributed by atoms with Crippen molar-refractivity contribution in [2.75, 3.05) is 7.11 Å². The smallest absolute Gasteiger partial charge is 0.409 e. The minimum Gasteiger partial charge on any atom is -0.495 e. The van der Waals surface area contributed by atoms with Crippen molar-refractivity contribution in [1.82, 2.24) is 18.8 Å². The van der Waals surface area contributed by atoms with Gasteiger partial charge in [-0.15, -0.1) is 0 Å². The molecule has 0 saturated heterocycles. The van der Waals surface area contributed by atoms with Crippen LogP contribution in [0.25, 0.3) is 22.4 Å². The lowest BCUT2D eigenvalue weighted by Crippen LogP contribution is -2.49. The van der Waals surface area contributed by atoms with Gasteiger partial charge < -0.3 is 9.30 Å². The molecule has 1 amide bonds. The molecule has 0 N–H and O–H groups in total. The number of carbonyl (C=O) groups excluding carboxylic acids is 1. The Morgan fingerprint density at radius 1 is 1.24 bits per heavy atom. The van der Waals surface area contributed by atoms with E-state index in [4.69, 9.17) is 4.74 Å². The third kappa shape index (κ3) is 4.61.